The Morgan fingerprint density at radius 3 is 2.48 bits per heavy atom. The first-order valence-electron chi connectivity index (χ1n) is 7.26. The standard InChI is InChI=1S/C16H18Cl2N2O2S/c1-4-5-22-15-11(17)6-10(7-12(15)18)14-13(9(3)21)8(2)19-16(23)20-14/h6-7,14H,4-5H2,1-3H3,(H2,19,20,23). The van der Waals surface area contributed by atoms with Gasteiger partial charge in [0.05, 0.1) is 22.7 Å². The molecule has 0 amide bonds. The highest BCUT2D eigenvalue weighted by molar-refractivity contribution is 7.80. The number of carbonyl (C=O) groups is 1. The number of thiocarbonyl (C=S) groups is 1. The van der Waals surface area contributed by atoms with Crippen LogP contribution in [0, 0.1) is 0 Å². The molecule has 1 heterocycles. The molecule has 0 aliphatic carbocycles. The smallest absolute Gasteiger partial charge is 0.171 e. The van der Waals surface area contributed by atoms with Crippen LogP contribution in [0.15, 0.2) is 23.4 Å². The van der Waals surface area contributed by atoms with Crippen molar-refractivity contribution in [1.82, 2.24) is 10.6 Å². The van der Waals surface area contributed by atoms with Gasteiger partial charge in [0.15, 0.2) is 16.6 Å². The molecule has 0 radical (unpaired) electrons. The van der Waals surface area contributed by atoms with Crippen LogP contribution in [0.5, 0.6) is 5.75 Å². The summed E-state index contributed by atoms with van der Waals surface area (Å²) in [6, 6.07) is 3.11. The van der Waals surface area contributed by atoms with Crippen LogP contribution in [0.4, 0.5) is 0 Å². The Hall–Kier alpha value is -1.30. The number of Topliss-reactive ketones (excluding diaryl/α,β-unsaturated/α-hetero) is 1. The first-order chi connectivity index (χ1) is 10.8. The van der Waals surface area contributed by atoms with Crippen LogP contribution in [0.2, 0.25) is 10.0 Å². The van der Waals surface area contributed by atoms with Gasteiger partial charge in [-0.1, -0.05) is 30.1 Å². The van der Waals surface area contributed by atoms with Gasteiger partial charge in [0, 0.05) is 11.3 Å². The lowest BCUT2D eigenvalue weighted by Gasteiger charge is -2.30. The Kier molecular flexibility index (Phi) is 5.89. The van der Waals surface area contributed by atoms with E-state index in [-0.39, 0.29) is 5.78 Å². The first kappa shape index (κ1) is 18.0. The third-order valence-corrected chi connectivity index (χ3v) is 4.23. The van der Waals surface area contributed by atoms with Crippen LogP contribution in [0.1, 0.15) is 38.8 Å². The fraction of sp³-hybridized carbons (Fsp3) is 0.375. The maximum Gasteiger partial charge on any atom is 0.171 e. The topological polar surface area (TPSA) is 50.4 Å². The molecule has 23 heavy (non-hydrogen) atoms. The number of hydrogen-bond acceptors (Lipinski definition) is 3. The maximum atomic E-state index is 12.0. The van der Waals surface area contributed by atoms with E-state index in [9.17, 15) is 4.79 Å². The molecule has 0 spiro atoms. The largest absolute Gasteiger partial charge is 0.490 e. The fourth-order valence-electron chi connectivity index (χ4n) is 2.50. The molecule has 1 aliphatic rings. The molecule has 2 rings (SSSR count). The van der Waals surface area contributed by atoms with Gasteiger partial charge in [-0.3, -0.25) is 4.79 Å². The molecule has 1 atom stereocenters. The lowest BCUT2D eigenvalue weighted by atomic mass is 9.93. The summed E-state index contributed by atoms with van der Waals surface area (Å²) >= 11 is 17.8. The second kappa shape index (κ2) is 7.51. The second-order valence-electron chi connectivity index (χ2n) is 5.29. The molecule has 1 aliphatic heterocycles. The summed E-state index contributed by atoms with van der Waals surface area (Å²) in [4.78, 5) is 12.0. The van der Waals surface area contributed by atoms with Gasteiger partial charge in [-0.15, -0.1) is 0 Å². The zero-order valence-electron chi connectivity index (χ0n) is 13.1. The number of ether oxygens (including phenoxy) is 1. The number of benzene rings is 1. The molecular formula is C16H18Cl2N2O2S. The number of nitrogens with one attached hydrogen (secondary N) is 2. The van der Waals surface area contributed by atoms with Gasteiger partial charge in [0.25, 0.3) is 0 Å². The average Bonchev–Trinajstić information content (AvgIpc) is 2.44. The van der Waals surface area contributed by atoms with Gasteiger partial charge in [0.1, 0.15) is 0 Å². The summed E-state index contributed by atoms with van der Waals surface area (Å²) in [5.41, 5.74) is 2.09. The number of allylic oxidation sites excluding steroid dienone is 1. The van der Waals surface area contributed by atoms with Crippen molar-refractivity contribution in [2.75, 3.05) is 6.61 Å². The molecule has 124 valence electrons. The highest BCUT2D eigenvalue weighted by Gasteiger charge is 2.28. The molecule has 0 fully saturated rings. The van der Waals surface area contributed by atoms with Gasteiger partial charge in [-0.05, 0) is 50.2 Å². The summed E-state index contributed by atoms with van der Waals surface area (Å²) in [5.74, 6) is 0.411. The van der Waals surface area contributed by atoms with E-state index in [1.807, 2.05) is 13.8 Å². The van der Waals surface area contributed by atoms with Crippen LogP contribution in [0.3, 0.4) is 0 Å². The van der Waals surface area contributed by atoms with E-state index >= 15 is 0 Å². The minimum atomic E-state index is -0.392. The van der Waals surface area contributed by atoms with Crippen LogP contribution < -0.4 is 15.4 Å². The number of carbonyl (C=O) groups excluding carboxylic acids is 1. The Labute approximate surface area is 151 Å². The van der Waals surface area contributed by atoms with E-state index in [2.05, 4.69) is 10.6 Å². The predicted octanol–water partition coefficient (Wildman–Crippen LogP) is 4.16. The summed E-state index contributed by atoms with van der Waals surface area (Å²) in [6.07, 6.45) is 0.856. The average molecular weight is 373 g/mol. The first-order valence-corrected chi connectivity index (χ1v) is 8.42. The third-order valence-electron chi connectivity index (χ3n) is 3.45. The lowest BCUT2D eigenvalue weighted by Crippen LogP contribution is -2.44. The van der Waals surface area contributed by atoms with Crippen molar-refractivity contribution in [3.63, 3.8) is 0 Å². The van der Waals surface area contributed by atoms with Crippen molar-refractivity contribution in [1.29, 1.82) is 0 Å². The summed E-state index contributed by atoms with van der Waals surface area (Å²) < 4.78 is 5.57. The number of halogens is 2. The molecular weight excluding hydrogens is 355 g/mol. The normalized spacial score (nSPS) is 17.6. The van der Waals surface area contributed by atoms with Crippen molar-refractivity contribution >= 4 is 46.3 Å². The zero-order chi connectivity index (χ0) is 17.1. The summed E-state index contributed by atoms with van der Waals surface area (Å²) in [7, 11) is 0. The monoisotopic (exact) mass is 372 g/mol. The molecule has 7 heteroatoms. The highest BCUT2D eigenvalue weighted by Crippen LogP contribution is 2.38. The van der Waals surface area contributed by atoms with E-state index in [0.29, 0.717) is 33.1 Å². The van der Waals surface area contributed by atoms with Crippen molar-refractivity contribution in [3.8, 4) is 5.75 Å². The Balaban J connectivity index is 2.46. The molecule has 1 unspecified atom stereocenters. The lowest BCUT2D eigenvalue weighted by molar-refractivity contribution is -0.114. The van der Waals surface area contributed by atoms with Crippen LogP contribution in [-0.2, 0) is 4.79 Å². The van der Waals surface area contributed by atoms with Crippen LogP contribution in [-0.4, -0.2) is 17.5 Å². The van der Waals surface area contributed by atoms with Gasteiger partial charge in [-0.2, -0.15) is 0 Å². The van der Waals surface area contributed by atoms with Crippen molar-refractivity contribution in [2.45, 2.75) is 33.2 Å². The van der Waals surface area contributed by atoms with Gasteiger partial charge in [-0.25, -0.2) is 0 Å². The Bertz CT molecular complexity index is 666. The Morgan fingerprint density at radius 2 is 1.96 bits per heavy atom. The predicted molar refractivity (Wildman–Crippen MR) is 97.2 cm³/mol. The van der Waals surface area contributed by atoms with Crippen molar-refractivity contribution in [2.24, 2.45) is 0 Å². The van der Waals surface area contributed by atoms with Crippen molar-refractivity contribution in [3.05, 3.63) is 39.0 Å². The SMILES string of the molecule is CCCOc1c(Cl)cc(C2NC(=S)NC(C)=C2C(C)=O)cc1Cl. The van der Waals surface area contributed by atoms with Gasteiger partial charge < -0.3 is 15.4 Å². The van der Waals surface area contributed by atoms with Crippen molar-refractivity contribution < 1.29 is 9.53 Å². The molecule has 0 aromatic heterocycles. The summed E-state index contributed by atoms with van der Waals surface area (Å²) in [5, 5.41) is 7.34. The minimum Gasteiger partial charge on any atom is -0.490 e. The quantitative estimate of drug-likeness (QED) is 0.759. The Morgan fingerprint density at radius 1 is 1.35 bits per heavy atom. The van der Waals surface area contributed by atoms with E-state index in [4.69, 9.17) is 40.2 Å². The fourth-order valence-corrected chi connectivity index (χ4v) is 3.38. The molecule has 4 nitrogen and oxygen atoms in total. The number of rotatable bonds is 5. The van der Waals surface area contributed by atoms with E-state index in [1.54, 1.807) is 12.1 Å². The number of ketones is 1. The van der Waals surface area contributed by atoms with Gasteiger partial charge >= 0.3 is 0 Å². The molecule has 0 bridgehead atoms. The molecule has 1 aromatic carbocycles. The molecule has 0 saturated heterocycles. The molecule has 2 N–H and O–H groups in total. The molecule has 1 aromatic rings. The number of hydrogen-bond donors (Lipinski definition) is 2. The second-order valence-corrected chi connectivity index (χ2v) is 6.51. The van der Waals surface area contributed by atoms with Gasteiger partial charge in [0.2, 0.25) is 0 Å². The van der Waals surface area contributed by atoms with E-state index in [1.165, 1.54) is 6.92 Å². The van der Waals surface area contributed by atoms with E-state index in [0.717, 1.165) is 17.7 Å². The molecule has 0 saturated carbocycles. The third kappa shape index (κ3) is 3.97. The minimum absolute atomic E-state index is 0.0476. The zero-order valence-corrected chi connectivity index (χ0v) is 15.5. The van der Waals surface area contributed by atoms with Crippen LogP contribution in [0.25, 0.3) is 0 Å². The maximum absolute atomic E-state index is 12.0. The summed E-state index contributed by atoms with van der Waals surface area (Å²) in [6.45, 7) is 5.87. The highest BCUT2D eigenvalue weighted by atomic mass is 35.5. The van der Waals surface area contributed by atoms with E-state index < -0.39 is 6.04 Å². The van der Waals surface area contributed by atoms with Crippen LogP contribution >= 0.6 is 35.4 Å².